The van der Waals surface area contributed by atoms with Crippen LogP contribution in [0.15, 0.2) is 12.4 Å². The molecular weight excluding hydrogens is 232 g/mol. The van der Waals surface area contributed by atoms with Gasteiger partial charge in [0.2, 0.25) is 0 Å². The zero-order valence-corrected chi connectivity index (χ0v) is 11.0. The number of nitrogens with two attached hydrogens (primary N) is 1. The summed E-state index contributed by atoms with van der Waals surface area (Å²) >= 11 is 4.98. The van der Waals surface area contributed by atoms with Crippen LogP contribution in [0.5, 0.6) is 0 Å². The third-order valence-electron chi connectivity index (χ3n) is 3.72. The quantitative estimate of drug-likeness (QED) is 0.803. The van der Waals surface area contributed by atoms with Crippen LogP contribution in [-0.4, -0.2) is 21.0 Å². The molecule has 0 aliphatic heterocycles. The van der Waals surface area contributed by atoms with E-state index in [1.165, 1.54) is 6.42 Å². The van der Waals surface area contributed by atoms with E-state index in [4.69, 9.17) is 18.0 Å². The molecule has 0 amide bonds. The second-order valence-electron chi connectivity index (χ2n) is 4.78. The summed E-state index contributed by atoms with van der Waals surface area (Å²) in [6.07, 6.45) is 5.69. The number of hydrogen-bond acceptors (Lipinski definition) is 4. The second kappa shape index (κ2) is 4.96. The maximum atomic E-state index is 5.64. The fraction of sp³-hybridized carbons (Fsp3) is 0.583. The van der Waals surface area contributed by atoms with Crippen molar-refractivity contribution in [2.45, 2.75) is 32.7 Å². The molecule has 17 heavy (non-hydrogen) atoms. The smallest absolute Gasteiger partial charge is 0.155 e. The summed E-state index contributed by atoms with van der Waals surface area (Å²) in [7, 11) is 0. The van der Waals surface area contributed by atoms with E-state index in [2.05, 4.69) is 29.1 Å². The Kier molecular flexibility index (Phi) is 3.57. The van der Waals surface area contributed by atoms with Crippen molar-refractivity contribution in [2.24, 2.45) is 17.6 Å². The van der Waals surface area contributed by atoms with Crippen LogP contribution < -0.4 is 11.1 Å². The third kappa shape index (κ3) is 2.54. The fourth-order valence-electron chi connectivity index (χ4n) is 2.37. The fourth-order valence-corrected chi connectivity index (χ4v) is 2.52. The summed E-state index contributed by atoms with van der Waals surface area (Å²) in [5.74, 6) is 2.10. The van der Waals surface area contributed by atoms with Gasteiger partial charge in [0.25, 0.3) is 0 Å². The molecule has 1 aromatic rings. The van der Waals surface area contributed by atoms with E-state index in [0.717, 1.165) is 12.3 Å². The van der Waals surface area contributed by atoms with Crippen molar-refractivity contribution in [3.8, 4) is 0 Å². The van der Waals surface area contributed by atoms with Gasteiger partial charge in [0, 0.05) is 18.4 Å². The summed E-state index contributed by atoms with van der Waals surface area (Å²) in [5, 5.41) is 3.43. The molecule has 0 aromatic carbocycles. The van der Waals surface area contributed by atoms with E-state index in [1.54, 1.807) is 12.4 Å². The van der Waals surface area contributed by atoms with Gasteiger partial charge in [-0.25, -0.2) is 9.97 Å². The standard InChI is InChI=1S/C12H18N4S/c1-7-3-4-9(8(7)2)16-12-10(11(13)17)14-5-6-15-12/h5-9H,3-4H2,1-2H3,(H2,13,17)(H,15,16). The van der Waals surface area contributed by atoms with Crippen LogP contribution in [0, 0.1) is 11.8 Å². The molecule has 4 nitrogen and oxygen atoms in total. The van der Waals surface area contributed by atoms with Crippen molar-refractivity contribution in [1.82, 2.24) is 9.97 Å². The monoisotopic (exact) mass is 250 g/mol. The molecule has 0 bridgehead atoms. The SMILES string of the molecule is CC1CCC(Nc2nccnc2C(N)=S)C1C. The Morgan fingerprint density at radius 1 is 1.35 bits per heavy atom. The third-order valence-corrected chi connectivity index (χ3v) is 3.91. The predicted octanol–water partition coefficient (Wildman–Crippen LogP) is 1.96. The van der Waals surface area contributed by atoms with E-state index in [0.29, 0.717) is 28.5 Å². The highest BCUT2D eigenvalue weighted by molar-refractivity contribution is 7.80. The Bertz CT molecular complexity index is 421. The average Bonchev–Trinajstić information content (AvgIpc) is 2.61. The molecule has 1 saturated carbocycles. The zero-order chi connectivity index (χ0) is 12.4. The minimum atomic E-state index is 0.291. The molecule has 3 atom stereocenters. The van der Waals surface area contributed by atoms with Crippen molar-refractivity contribution in [3.63, 3.8) is 0 Å². The maximum absolute atomic E-state index is 5.64. The van der Waals surface area contributed by atoms with Gasteiger partial charge in [-0.1, -0.05) is 26.1 Å². The molecule has 1 aromatic heterocycles. The van der Waals surface area contributed by atoms with Gasteiger partial charge in [-0.15, -0.1) is 0 Å². The van der Waals surface area contributed by atoms with Gasteiger partial charge in [-0.05, 0) is 24.7 Å². The van der Waals surface area contributed by atoms with E-state index in [1.807, 2.05) is 0 Å². The van der Waals surface area contributed by atoms with Crippen LogP contribution in [0.2, 0.25) is 0 Å². The Hall–Kier alpha value is -1.23. The minimum Gasteiger partial charge on any atom is -0.388 e. The van der Waals surface area contributed by atoms with E-state index >= 15 is 0 Å². The highest BCUT2D eigenvalue weighted by atomic mass is 32.1. The van der Waals surface area contributed by atoms with Crippen LogP contribution in [-0.2, 0) is 0 Å². The molecule has 3 N–H and O–H groups in total. The lowest BCUT2D eigenvalue weighted by molar-refractivity contribution is 0.435. The molecular formula is C12H18N4S. The van der Waals surface area contributed by atoms with Gasteiger partial charge in [0.05, 0.1) is 0 Å². The summed E-state index contributed by atoms with van der Waals surface area (Å²) < 4.78 is 0. The molecule has 2 rings (SSSR count). The van der Waals surface area contributed by atoms with Gasteiger partial charge < -0.3 is 11.1 Å². The largest absolute Gasteiger partial charge is 0.388 e. The Morgan fingerprint density at radius 2 is 2.06 bits per heavy atom. The highest BCUT2D eigenvalue weighted by Gasteiger charge is 2.30. The number of thiocarbonyl (C=S) groups is 1. The second-order valence-corrected chi connectivity index (χ2v) is 5.22. The summed E-state index contributed by atoms with van der Waals surface area (Å²) in [6, 6.07) is 0.440. The number of rotatable bonds is 3. The molecule has 1 fully saturated rings. The molecule has 92 valence electrons. The molecule has 3 unspecified atom stereocenters. The average molecular weight is 250 g/mol. The number of anilines is 1. The molecule has 5 heteroatoms. The first-order valence-corrected chi connectivity index (χ1v) is 6.37. The van der Waals surface area contributed by atoms with Gasteiger partial charge >= 0.3 is 0 Å². The Morgan fingerprint density at radius 3 is 2.65 bits per heavy atom. The molecule has 1 heterocycles. The van der Waals surface area contributed by atoms with Crippen LogP contribution in [0.4, 0.5) is 5.82 Å². The first-order chi connectivity index (χ1) is 8.09. The number of hydrogen-bond donors (Lipinski definition) is 2. The summed E-state index contributed by atoms with van der Waals surface area (Å²) in [5.41, 5.74) is 6.23. The Labute approximate surface area is 107 Å². The predicted molar refractivity (Wildman–Crippen MR) is 72.9 cm³/mol. The zero-order valence-electron chi connectivity index (χ0n) is 10.2. The topological polar surface area (TPSA) is 63.8 Å². The lowest BCUT2D eigenvalue weighted by Crippen LogP contribution is -2.27. The lowest BCUT2D eigenvalue weighted by atomic mass is 9.98. The van der Waals surface area contributed by atoms with Crippen molar-refractivity contribution in [2.75, 3.05) is 5.32 Å². The highest BCUT2D eigenvalue weighted by Crippen LogP contribution is 2.33. The number of nitrogens with zero attached hydrogens (tertiary/aromatic N) is 2. The first-order valence-electron chi connectivity index (χ1n) is 5.97. The van der Waals surface area contributed by atoms with Crippen molar-refractivity contribution in [1.29, 1.82) is 0 Å². The van der Waals surface area contributed by atoms with Crippen LogP contribution >= 0.6 is 12.2 Å². The van der Waals surface area contributed by atoms with Crippen LogP contribution in [0.25, 0.3) is 0 Å². The molecule has 0 saturated heterocycles. The number of aromatic nitrogens is 2. The number of nitrogens with one attached hydrogen (secondary N) is 1. The van der Waals surface area contributed by atoms with Gasteiger partial charge in [-0.3, -0.25) is 0 Å². The summed E-state index contributed by atoms with van der Waals surface area (Å²) in [4.78, 5) is 8.75. The molecule has 0 radical (unpaired) electrons. The van der Waals surface area contributed by atoms with Crippen LogP contribution in [0.1, 0.15) is 32.4 Å². The minimum absolute atomic E-state index is 0.291. The normalized spacial score (nSPS) is 28.0. The lowest BCUT2D eigenvalue weighted by Gasteiger charge is -2.21. The van der Waals surface area contributed by atoms with E-state index in [9.17, 15) is 0 Å². The van der Waals surface area contributed by atoms with Crippen molar-refractivity contribution >= 4 is 23.0 Å². The van der Waals surface area contributed by atoms with Crippen LogP contribution in [0.3, 0.4) is 0 Å². The van der Waals surface area contributed by atoms with Gasteiger partial charge in [0.1, 0.15) is 10.7 Å². The Balaban J connectivity index is 2.16. The molecule has 1 aliphatic carbocycles. The van der Waals surface area contributed by atoms with E-state index in [-0.39, 0.29) is 0 Å². The van der Waals surface area contributed by atoms with E-state index < -0.39 is 0 Å². The van der Waals surface area contributed by atoms with Crippen molar-refractivity contribution in [3.05, 3.63) is 18.1 Å². The van der Waals surface area contributed by atoms with Crippen molar-refractivity contribution < 1.29 is 0 Å². The molecule has 1 aliphatic rings. The van der Waals surface area contributed by atoms with Gasteiger partial charge in [0.15, 0.2) is 5.82 Å². The first kappa shape index (κ1) is 12.2. The summed E-state index contributed by atoms with van der Waals surface area (Å²) in [6.45, 7) is 4.56. The molecule has 0 spiro atoms. The van der Waals surface area contributed by atoms with Gasteiger partial charge in [-0.2, -0.15) is 0 Å². The maximum Gasteiger partial charge on any atom is 0.155 e.